The van der Waals surface area contributed by atoms with E-state index in [9.17, 15) is 0 Å². The topological polar surface area (TPSA) is 173 Å². The van der Waals surface area contributed by atoms with Crippen molar-refractivity contribution >= 4 is 22.7 Å². The van der Waals surface area contributed by atoms with E-state index >= 15 is 0 Å². The number of rotatable bonds is 46. The first-order valence-electron chi connectivity index (χ1n) is 47.8. The molecule has 3 aliphatic rings. The van der Waals surface area contributed by atoms with E-state index in [0.29, 0.717) is 75.3 Å². The summed E-state index contributed by atoms with van der Waals surface area (Å²) in [6, 6.07) is 103. The first-order chi connectivity index (χ1) is 67.2. The Labute approximate surface area is 808 Å². The molecular formula is C116H122N2O16S2. The quantitative estimate of drug-likeness (QED) is 0.0352. The van der Waals surface area contributed by atoms with E-state index in [4.69, 9.17) is 85.8 Å². The molecule has 17 rings (SSSR count). The molecule has 136 heavy (non-hydrogen) atoms. The van der Waals surface area contributed by atoms with Gasteiger partial charge in [-0.15, -0.1) is 22.7 Å². The third-order valence-electron chi connectivity index (χ3n) is 24.5. The molecule has 0 radical (unpaired) electrons. The number of thiazole rings is 2. The van der Waals surface area contributed by atoms with Gasteiger partial charge in [0.1, 0.15) is 71.8 Å². The Balaban J connectivity index is 0.790. The van der Waals surface area contributed by atoms with Crippen molar-refractivity contribution in [3.8, 4) is 23.0 Å². The number of hydrogen-bond acceptors (Lipinski definition) is 20. The lowest BCUT2D eigenvalue weighted by molar-refractivity contribution is -0.394. The van der Waals surface area contributed by atoms with Crippen LogP contribution in [0.5, 0.6) is 23.0 Å². The van der Waals surface area contributed by atoms with Gasteiger partial charge in [-0.2, -0.15) is 0 Å². The molecule has 0 saturated carbocycles. The molecule has 1 aliphatic carbocycles. The smallest absolute Gasteiger partial charge is 0.252 e. The van der Waals surface area contributed by atoms with Gasteiger partial charge >= 0.3 is 0 Å². The molecule has 18 nitrogen and oxygen atoms in total. The summed E-state index contributed by atoms with van der Waals surface area (Å²) in [6.45, 7) is 12.5. The van der Waals surface area contributed by atoms with Crippen molar-refractivity contribution in [1.82, 2.24) is 9.97 Å². The lowest BCUT2D eigenvalue weighted by Crippen LogP contribution is -2.66. The van der Waals surface area contributed by atoms with E-state index < -0.39 is 60.4 Å². The summed E-state index contributed by atoms with van der Waals surface area (Å²) in [6.07, 6.45) is 1.33. The lowest BCUT2D eigenvalue weighted by Gasteiger charge is -2.51. The average molecular weight is 1860 g/mol. The Bertz CT molecular complexity index is 5470. The summed E-state index contributed by atoms with van der Waals surface area (Å²) in [4.78, 5) is 10.4. The van der Waals surface area contributed by atoms with Gasteiger partial charge in [0, 0.05) is 48.8 Å². The predicted octanol–water partition coefficient (Wildman–Crippen LogP) is 23.9. The highest BCUT2D eigenvalue weighted by Crippen LogP contribution is 2.50. The second kappa shape index (κ2) is 49.1. The maximum absolute atomic E-state index is 7.91. The molecule has 0 N–H and O–H groups in total. The number of fused-ring (bicyclic) bond motifs is 8. The number of ether oxygens (including phenoxy) is 16. The first-order valence-corrected chi connectivity index (χ1v) is 49.6. The van der Waals surface area contributed by atoms with E-state index in [-0.39, 0.29) is 66.1 Å². The van der Waals surface area contributed by atoms with Crippen LogP contribution in [0.25, 0.3) is 0 Å². The highest BCUT2D eigenvalue weighted by atomic mass is 32.1. The van der Waals surface area contributed by atoms with Crippen LogP contribution in [0.3, 0.4) is 0 Å². The zero-order chi connectivity index (χ0) is 92.8. The molecule has 12 aromatic carbocycles. The molecule has 2 saturated heterocycles. The van der Waals surface area contributed by atoms with Crippen LogP contribution in [0.1, 0.15) is 164 Å². The van der Waals surface area contributed by atoms with Crippen LogP contribution >= 0.6 is 22.7 Å². The molecule has 8 bridgehead atoms. The molecule has 0 spiro atoms. The average Bonchev–Trinajstić information content (AvgIpc) is 1.20. The molecule has 20 heteroatoms. The molecule has 2 aliphatic heterocycles. The van der Waals surface area contributed by atoms with Crippen molar-refractivity contribution in [1.29, 1.82) is 0 Å². The van der Waals surface area contributed by atoms with E-state index in [2.05, 4.69) is 185 Å². The fourth-order valence-electron chi connectivity index (χ4n) is 18.1. The van der Waals surface area contributed by atoms with Gasteiger partial charge in [-0.1, -0.05) is 307 Å². The minimum absolute atomic E-state index is 0.00553. The number of nitrogens with zero attached hydrogens (tertiary/aromatic N) is 2. The van der Waals surface area contributed by atoms with Crippen molar-refractivity contribution in [2.45, 2.75) is 206 Å². The predicted molar refractivity (Wildman–Crippen MR) is 529 cm³/mol. The Morgan fingerprint density at radius 3 is 0.779 bits per heavy atom. The number of hydrogen-bond donors (Lipinski definition) is 0. The van der Waals surface area contributed by atoms with Crippen molar-refractivity contribution in [2.75, 3.05) is 39.6 Å². The Kier molecular flexibility index (Phi) is 34.8. The largest absolute Gasteiger partial charge is 0.493 e. The molecule has 10 unspecified atom stereocenters. The number of aromatic nitrogens is 2. The van der Waals surface area contributed by atoms with Crippen molar-refractivity contribution in [3.05, 3.63) is 437 Å². The van der Waals surface area contributed by atoms with Crippen molar-refractivity contribution in [2.24, 2.45) is 0 Å². The Hall–Kier alpha value is -11.4. The third kappa shape index (κ3) is 24.8. The second-order valence-corrected chi connectivity index (χ2v) is 36.6. The van der Waals surface area contributed by atoms with E-state index in [0.717, 1.165) is 149 Å². The van der Waals surface area contributed by atoms with Gasteiger partial charge in [-0.3, -0.25) is 0 Å². The number of para-hydroxylation sites is 2. The molecule has 4 heterocycles. The SMILES string of the molecule is CCCOc1c2cccc1Cc1cc(COC3(c4nccs4)OC(COCc4ccccc4)C(OCc4ccccc4)C(OCc4ccccc4)C3OCc3ccccc3)cc(c1OCCC)Cc1cccc(c1OCCC)Cc1cc(COC3(c4nccs4)OC(COCc4ccccc4)C(OCc4ccccc4)C(OCc4ccccc4)C3OCc3ccccc3)cc(c1OCCC)C2. The zero-order valence-electron chi connectivity index (χ0n) is 78.0. The Morgan fingerprint density at radius 2 is 0.522 bits per heavy atom. The minimum atomic E-state index is -1.76. The first kappa shape index (κ1) is 96.3. The summed E-state index contributed by atoms with van der Waals surface area (Å²) in [7, 11) is 0. The van der Waals surface area contributed by atoms with Crippen LogP contribution in [0.15, 0.2) is 326 Å². The van der Waals surface area contributed by atoms with Crippen LogP contribution < -0.4 is 18.9 Å². The van der Waals surface area contributed by atoms with Crippen LogP contribution in [-0.2, 0) is 160 Å². The highest BCUT2D eigenvalue weighted by molar-refractivity contribution is 7.10. The fraction of sp³-hybridized carbons (Fsp3) is 0.328. The fourth-order valence-corrected chi connectivity index (χ4v) is 19.6. The lowest BCUT2D eigenvalue weighted by atomic mass is 9.89. The second-order valence-electron chi connectivity index (χ2n) is 34.8. The van der Waals surface area contributed by atoms with Gasteiger partial charge in [0.05, 0.1) is 106 Å². The number of benzene rings is 12. The third-order valence-corrected chi connectivity index (χ3v) is 26.2. The maximum Gasteiger partial charge on any atom is 0.252 e. The van der Waals surface area contributed by atoms with Crippen LogP contribution in [0.2, 0.25) is 0 Å². The van der Waals surface area contributed by atoms with Gasteiger partial charge in [-0.25, -0.2) is 9.97 Å². The van der Waals surface area contributed by atoms with Crippen LogP contribution in [0, 0.1) is 0 Å². The van der Waals surface area contributed by atoms with E-state index in [1.54, 1.807) is 12.4 Å². The van der Waals surface area contributed by atoms with E-state index in [1.165, 1.54) is 22.7 Å². The molecule has 0 amide bonds. The summed E-state index contributed by atoms with van der Waals surface area (Å²) >= 11 is 2.87. The highest BCUT2D eigenvalue weighted by Gasteiger charge is 2.62. The monoisotopic (exact) mass is 1860 g/mol. The van der Waals surface area contributed by atoms with Gasteiger partial charge in [0.15, 0.2) is 10.0 Å². The molecular weight excluding hydrogens is 1740 g/mol. The maximum atomic E-state index is 7.91. The minimum Gasteiger partial charge on any atom is -0.493 e. The standard InChI is InChI=1S/C116H122N2O16S2/c1-5-57-121-103-93-51-33-52-94(103)68-98-64-92(80-132-116(114-118-56-62-136-114)112(130-78-90-49-31-16-32-50-90)110(128-76-88-45-27-14-28-46-88)108(126-74-86-41-23-12-24-42-86)102(134-116)82-120-72-84-37-19-10-20-38-84)66-100(106(98)124-60-8-4)70-96-54-34-53-95(104(96)122-58-6-2)69-99-65-91(63-97(67-93)105(99)123-59-7-3)79-131-115(113-117-55-61-135-113)111(129-77-89-47-29-15-30-48-89)109(127-75-87-43-25-13-26-44-87)107(125-73-85-39-21-11-22-40-85)101(133-115)81-119-71-83-35-17-9-18-36-83/h9-56,61-66,101-102,107-112H,5-8,57-60,67-82H2,1-4H3. The molecule has 2 aromatic heterocycles. The summed E-state index contributed by atoms with van der Waals surface area (Å²) < 4.78 is 119. The summed E-state index contributed by atoms with van der Waals surface area (Å²) in [5.74, 6) is -0.416. The molecule has 14 aromatic rings. The molecule has 704 valence electrons. The van der Waals surface area contributed by atoms with Crippen LogP contribution in [0.4, 0.5) is 0 Å². The van der Waals surface area contributed by atoms with Gasteiger partial charge in [0.25, 0.3) is 11.6 Å². The van der Waals surface area contributed by atoms with Crippen LogP contribution in [-0.4, -0.2) is 98.4 Å². The normalized spacial score (nSPS) is 19.8. The summed E-state index contributed by atoms with van der Waals surface area (Å²) in [5, 5.41) is 4.99. The molecule has 2 fully saturated rings. The van der Waals surface area contributed by atoms with E-state index in [1.807, 2.05) is 156 Å². The Morgan fingerprint density at radius 1 is 0.272 bits per heavy atom. The van der Waals surface area contributed by atoms with Crippen molar-refractivity contribution < 1.29 is 75.8 Å². The molecule has 10 atom stereocenters. The van der Waals surface area contributed by atoms with Gasteiger partial charge in [0.2, 0.25) is 0 Å². The zero-order valence-corrected chi connectivity index (χ0v) is 79.6. The van der Waals surface area contributed by atoms with Gasteiger partial charge in [-0.05, 0) is 150 Å². The van der Waals surface area contributed by atoms with Crippen molar-refractivity contribution in [3.63, 3.8) is 0 Å². The summed E-state index contributed by atoms with van der Waals surface area (Å²) in [5.41, 5.74) is 17.1. The van der Waals surface area contributed by atoms with Gasteiger partial charge < -0.3 is 75.8 Å².